The molecule has 50 valence electrons. The number of rotatable bonds is 2. The summed E-state index contributed by atoms with van der Waals surface area (Å²) >= 11 is 2.49. The predicted octanol–water partition coefficient (Wildman–Crippen LogP) is -0.692. The van der Waals surface area contributed by atoms with Gasteiger partial charge in [-0.1, -0.05) is 5.41 Å². The molecular formula is C5H6AlN3O. The average Bonchev–Trinajstić information content (AvgIpc) is 1.88. The normalized spacial score (nSPS) is 9.20. The minimum absolute atomic E-state index is 0.330. The first-order valence-electron chi connectivity index (χ1n) is 2.82. The zero-order chi connectivity index (χ0) is 7.40. The molecule has 2 radical (unpaired) electrons. The van der Waals surface area contributed by atoms with E-state index in [9.17, 15) is 4.79 Å². The number of nitrogens with one attached hydrogen (secondary N) is 2. The summed E-state index contributed by atoms with van der Waals surface area (Å²) in [7, 11) is 0. The fourth-order valence-electron chi connectivity index (χ4n) is 0.582. The van der Waals surface area contributed by atoms with E-state index in [1.807, 2.05) is 0 Å². The molecule has 1 aromatic heterocycles. The van der Waals surface area contributed by atoms with E-state index in [0.717, 1.165) is 0 Å². The minimum atomic E-state index is -0.330. The third-order valence-electron chi connectivity index (χ3n) is 0.967. The lowest BCUT2D eigenvalue weighted by molar-refractivity contribution is 1.07. The summed E-state index contributed by atoms with van der Waals surface area (Å²) in [6.45, 7) is 0. The summed E-state index contributed by atoms with van der Waals surface area (Å²) in [5, 5.41) is 3.62. The monoisotopic (exact) mass is 151 g/mol. The number of H-pyrrole nitrogens is 1. The van der Waals surface area contributed by atoms with Crippen molar-refractivity contribution in [1.82, 2.24) is 9.97 Å². The van der Waals surface area contributed by atoms with Gasteiger partial charge in [-0.2, -0.15) is 0 Å². The number of anilines is 1. The van der Waals surface area contributed by atoms with E-state index in [4.69, 9.17) is 0 Å². The van der Waals surface area contributed by atoms with Crippen LogP contribution in [0.3, 0.4) is 0 Å². The molecule has 0 unspecified atom stereocenters. The molecule has 0 fully saturated rings. The molecule has 1 aromatic rings. The largest absolute Gasteiger partial charge is 0.388 e. The summed E-state index contributed by atoms with van der Waals surface area (Å²) in [6.07, 6.45) is 1.46. The van der Waals surface area contributed by atoms with Crippen molar-refractivity contribution in [2.45, 2.75) is 0 Å². The van der Waals surface area contributed by atoms with E-state index in [2.05, 4.69) is 31.6 Å². The molecular weight excluding hydrogens is 145 g/mol. The highest BCUT2D eigenvalue weighted by atomic mass is 27.0. The van der Waals surface area contributed by atoms with Gasteiger partial charge in [0.15, 0.2) is 16.3 Å². The molecule has 1 rings (SSSR count). The van der Waals surface area contributed by atoms with Crippen molar-refractivity contribution in [1.29, 1.82) is 0 Å². The summed E-state index contributed by atoms with van der Waals surface area (Å²) in [5.74, 6) is 0.690. The van der Waals surface area contributed by atoms with Crippen LogP contribution in [0.1, 0.15) is 0 Å². The summed E-state index contributed by atoms with van der Waals surface area (Å²) < 4.78 is 0. The molecule has 5 heteroatoms. The Balaban J connectivity index is 2.85. The van der Waals surface area contributed by atoms with Crippen molar-refractivity contribution in [3.8, 4) is 0 Å². The third-order valence-corrected chi connectivity index (χ3v) is 1.17. The molecule has 0 atom stereocenters. The molecule has 0 spiro atoms. The Hall–Kier alpha value is -0.788. The van der Waals surface area contributed by atoms with Crippen LogP contribution in [0, 0.1) is 0 Å². The number of hydrogen-bond donors (Lipinski definition) is 2. The van der Waals surface area contributed by atoms with Gasteiger partial charge in [0.25, 0.3) is 0 Å². The zero-order valence-corrected chi connectivity index (χ0v) is 6.45. The number of aromatic amines is 1. The minimum Gasteiger partial charge on any atom is -0.388 e. The van der Waals surface area contributed by atoms with Crippen LogP contribution in [0.2, 0.25) is 0 Å². The molecule has 2 N–H and O–H groups in total. The highest BCUT2D eigenvalue weighted by molar-refractivity contribution is 6.10. The Kier molecular flexibility index (Phi) is 2.49. The molecule has 0 aliphatic heterocycles. The van der Waals surface area contributed by atoms with Crippen molar-refractivity contribution in [2.75, 3.05) is 10.7 Å². The van der Waals surface area contributed by atoms with Crippen molar-refractivity contribution in [3.63, 3.8) is 0 Å². The maximum atomic E-state index is 10.6. The first-order chi connectivity index (χ1) is 4.83. The van der Waals surface area contributed by atoms with E-state index < -0.39 is 0 Å². The molecule has 1 heterocycles. The molecule has 0 aliphatic carbocycles. The van der Waals surface area contributed by atoms with Crippen molar-refractivity contribution in [2.24, 2.45) is 0 Å². The first kappa shape index (κ1) is 7.32. The second kappa shape index (κ2) is 3.40. The molecule has 0 aliphatic rings. The molecule has 10 heavy (non-hydrogen) atoms. The molecule has 0 amide bonds. The number of nitrogens with zero attached hydrogens (tertiary/aromatic N) is 1. The molecule has 4 nitrogen and oxygen atoms in total. The van der Waals surface area contributed by atoms with Gasteiger partial charge in [-0.25, -0.2) is 9.78 Å². The van der Waals surface area contributed by atoms with Gasteiger partial charge in [-0.3, -0.25) is 4.98 Å². The van der Waals surface area contributed by atoms with Crippen LogP contribution < -0.4 is 11.0 Å². The first-order valence-corrected chi connectivity index (χ1v) is 3.64. The van der Waals surface area contributed by atoms with Crippen LogP contribution in [0.25, 0.3) is 0 Å². The van der Waals surface area contributed by atoms with E-state index in [0.29, 0.717) is 11.2 Å². The lowest BCUT2D eigenvalue weighted by Gasteiger charge is -1.99. The maximum Gasteiger partial charge on any atom is 0.346 e. The fourth-order valence-corrected chi connectivity index (χ4v) is 0.802. The Labute approximate surface area is 66.1 Å². The zero-order valence-electron chi connectivity index (χ0n) is 5.29. The van der Waals surface area contributed by atoms with Gasteiger partial charge in [0.2, 0.25) is 0 Å². The van der Waals surface area contributed by atoms with Crippen molar-refractivity contribution in [3.05, 3.63) is 22.7 Å². The van der Waals surface area contributed by atoms with E-state index >= 15 is 0 Å². The van der Waals surface area contributed by atoms with Crippen LogP contribution in [0.4, 0.5) is 5.82 Å². The predicted molar refractivity (Wildman–Crippen MR) is 39.1 cm³/mol. The van der Waals surface area contributed by atoms with Gasteiger partial charge < -0.3 is 5.32 Å². The van der Waals surface area contributed by atoms with Gasteiger partial charge in [0.1, 0.15) is 5.82 Å². The van der Waals surface area contributed by atoms with Gasteiger partial charge in [-0.05, 0) is 6.07 Å². The summed E-state index contributed by atoms with van der Waals surface area (Å²) in [6, 6.07) is 1.70. The van der Waals surface area contributed by atoms with Crippen LogP contribution in [-0.2, 0) is 0 Å². The average molecular weight is 151 g/mol. The maximum absolute atomic E-state index is 10.6. The van der Waals surface area contributed by atoms with Gasteiger partial charge in [0, 0.05) is 6.20 Å². The van der Waals surface area contributed by atoms with E-state index in [-0.39, 0.29) is 5.69 Å². The Morgan fingerprint density at radius 2 is 2.60 bits per heavy atom. The van der Waals surface area contributed by atoms with E-state index in [1.54, 1.807) is 6.07 Å². The summed E-state index contributed by atoms with van der Waals surface area (Å²) in [5.41, 5.74) is -0.330. The number of aromatic nitrogens is 2. The molecule has 0 bridgehead atoms. The van der Waals surface area contributed by atoms with Gasteiger partial charge >= 0.3 is 5.69 Å². The van der Waals surface area contributed by atoms with Crippen molar-refractivity contribution < 1.29 is 0 Å². The quantitative estimate of drug-likeness (QED) is 0.550. The second-order valence-electron chi connectivity index (χ2n) is 1.67. The molecule has 0 saturated carbocycles. The molecule has 0 aromatic carbocycles. The lowest BCUT2D eigenvalue weighted by atomic mass is 10.6. The standard InChI is InChI=1S/C5H6N3O.Al/c1-6-4-2-3-7-5(9)8-4;/h2-3H,1H2,(H2,6,7,8,9);. The second-order valence-corrected chi connectivity index (χ2v) is 2.08. The highest BCUT2D eigenvalue weighted by Gasteiger charge is 1.87. The van der Waals surface area contributed by atoms with Crippen LogP contribution in [0.5, 0.6) is 0 Å². The Morgan fingerprint density at radius 3 is 3.20 bits per heavy atom. The Bertz CT molecular complexity index is 259. The van der Waals surface area contributed by atoms with Crippen LogP contribution in [0.15, 0.2) is 17.1 Å². The van der Waals surface area contributed by atoms with Crippen molar-refractivity contribution >= 4 is 22.1 Å². The molecule has 0 saturated heterocycles. The summed E-state index contributed by atoms with van der Waals surface area (Å²) in [4.78, 5) is 16.5. The Morgan fingerprint density at radius 1 is 1.80 bits per heavy atom. The van der Waals surface area contributed by atoms with Gasteiger partial charge in [0.05, 0.1) is 0 Å². The smallest absolute Gasteiger partial charge is 0.346 e. The topological polar surface area (TPSA) is 57.8 Å². The van der Waals surface area contributed by atoms with Crippen LogP contribution in [-0.4, -0.2) is 31.7 Å². The van der Waals surface area contributed by atoms with E-state index in [1.165, 1.54) is 6.20 Å². The van der Waals surface area contributed by atoms with Crippen LogP contribution >= 0.6 is 0 Å². The highest BCUT2D eigenvalue weighted by Crippen LogP contribution is 1.92. The third kappa shape index (κ3) is 1.87. The number of hydrogen-bond acceptors (Lipinski definition) is 3. The fraction of sp³-hybridized carbons (Fsp3) is 0.200. The lowest BCUT2D eigenvalue weighted by Crippen LogP contribution is -2.12. The van der Waals surface area contributed by atoms with Gasteiger partial charge in [-0.15, -0.1) is 0 Å². The SMILES string of the molecule is O=c1nccc(N[CH2][Al])[nH]1.